The Bertz CT molecular complexity index is 382. The normalized spacial score (nSPS) is 30.8. The summed E-state index contributed by atoms with van der Waals surface area (Å²) >= 11 is 0. The summed E-state index contributed by atoms with van der Waals surface area (Å²) in [5, 5.41) is 0. The molecule has 4 heteroatoms. The molecule has 2 aliphatic carbocycles. The van der Waals surface area contributed by atoms with Crippen molar-refractivity contribution >= 4 is 11.9 Å². The second-order valence-electron chi connectivity index (χ2n) is 8.14. The third-order valence-corrected chi connectivity index (χ3v) is 5.89. The van der Waals surface area contributed by atoms with E-state index in [0.29, 0.717) is 31.1 Å². The second-order valence-corrected chi connectivity index (χ2v) is 8.14. The highest BCUT2D eigenvalue weighted by Gasteiger charge is 2.25. The summed E-state index contributed by atoms with van der Waals surface area (Å²) in [5.41, 5.74) is 0. The van der Waals surface area contributed by atoms with E-state index in [0.717, 1.165) is 38.5 Å². The van der Waals surface area contributed by atoms with Crippen LogP contribution in [-0.4, -0.2) is 24.1 Å². The van der Waals surface area contributed by atoms with Gasteiger partial charge >= 0.3 is 11.9 Å². The minimum absolute atomic E-state index is 0.0637. The fourth-order valence-corrected chi connectivity index (χ4v) is 4.10. The molecule has 0 N–H and O–H groups in total. The highest BCUT2D eigenvalue weighted by molar-refractivity contribution is 5.72. The lowest BCUT2D eigenvalue weighted by molar-refractivity contribution is -0.153. The summed E-state index contributed by atoms with van der Waals surface area (Å²) < 4.78 is 11.3. The minimum atomic E-state index is -0.158. The standard InChI is InChI=1S/C21H36O4/c1-16-10-5-3-7-12-18(16)24-20(22)14-9-15-21(23)25-19-13-8-4-6-11-17(19)2/h16-19H,3-15H2,1-2H3. The van der Waals surface area contributed by atoms with Gasteiger partial charge in [0.15, 0.2) is 0 Å². The Morgan fingerprint density at radius 1 is 0.680 bits per heavy atom. The zero-order valence-corrected chi connectivity index (χ0v) is 16.1. The van der Waals surface area contributed by atoms with Crippen LogP contribution in [-0.2, 0) is 19.1 Å². The Morgan fingerprint density at radius 3 is 1.52 bits per heavy atom. The predicted molar refractivity (Wildman–Crippen MR) is 98.1 cm³/mol. The van der Waals surface area contributed by atoms with Gasteiger partial charge in [-0.25, -0.2) is 0 Å². The number of carbonyl (C=O) groups is 2. The van der Waals surface area contributed by atoms with Gasteiger partial charge in [-0.2, -0.15) is 0 Å². The number of ether oxygens (including phenoxy) is 2. The van der Waals surface area contributed by atoms with Gasteiger partial charge in [0.05, 0.1) is 0 Å². The summed E-state index contributed by atoms with van der Waals surface area (Å²) in [5.74, 6) is 0.588. The molecule has 0 aromatic carbocycles. The van der Waals surface area contributed by atoms with E-state index < -0.39 is 0 Å². The maximum Gasteiger partial charge on any atom is 0.306 e. The maximum atomic E-state index is 12.1. The molecule has 0 radical (unpaired) electrons. The van der Waals surface area contributed by atoms with E-state index in [-0.39, 0.29) is 24.1 Å². The summed E-state index contributed by atoms with van der Waals surface area (Å²) in [6.07, 6.45) is 12.8. The number of rotatable bonds is 6. The van der Waals surface area contributed by atoms with E-state index in [1.165, 1.54) is 25.7 Å². The van der Waals surface area contributed by atoms with E-state index >= 15 is 0 Å². The van der Waals surface area contributed by atoms with Gasteiger partial charge in [0.1, 0.15) is 12.2 Å². The molecule has 2 fully saturated rings. The topological polar surface area (TPSA) is 52.6 Å². The first-order valence-electron chi connectivity index (χ1n) is 10.4. The molecular formula is C21H36O4. The summed E-state index contributed by atoms with van der Waals surface area (Å²) in [4.78, 5) is 24.1. The van der Waals surface area contributed by atoms with Gasteiger partial charge in [-0.1, -0.05) is 39.5 Å². The molecule has 0 aromatic heterocycles. The van der Waals surface area contributed by atoms with Gasteiger partial charge < -0.3 is 9.47 Å². The van der Waals surface area contributed by atoms with Crippen molar-refractivity contribution in [1.82, 2.24) is 0 Å². The van der Waals surface area contributed by atoms with Crippen LogP contribution < -0.4 is 0 Å². The van der Waals surface area contributed by atoms with Crippen molar-refractivity contribution in [1.29, 1.82) is 0 Å². The molecule has 0 aromatic rings. The summed E-state index contributed by atoms with van der Waals surface area (Å²) in [6, 6.07) is 0. The van der Waals surface area contributed by atoms with E-state index in [1.807, 2.05) is 0 Å². The molecule has 0 amide bonds. The van der Waals surface area contributed by atoms with Crippen LogP contribution in [0.15, 0.2) is 0 Å². The number of carbonyl (C=O) groups excluding carboxylic acids is 2. The maximum absolute atomic E-state index is 12.1. The molecule has 4 atom stereocenters. The minimum Gasteiger partial charge on any atom is -0.462 e. The molecule has 0 bridgehead atoms. The Hall–Kier alpha value is -1.06. The van der Waals surface area contributed by atoms with Crippen LogP contribution in [0.2, 0.25) is 0 Å². The molecule has 2 rings (SSSR count). The molecule has 0 aliphatic heterocycles. The van der Waals surface area contributed by atoms with Crippen LogP contribution in [0.1, 0.15) is 97.3 Å². The van der Waals surface area contributed by atoms with Crippen molar-refractivity contribution in [2.24, 2.45) is 11.8 Å². The number of esters is 2. The van der Waals surface area contributed by atoms with Gasteiger partial charge in [0.25, 0.3) is 0 Å². The Kier molecular flexibility index (Phi) is 8.77. The van der Waals surface area contributed by atoms with Crippen molar-refractivity contribution < 1.29 is 19.1 Å². The molecule has 2 aliphatic rings. The van der Waals surface area contributed by atoms with Gasteiger partial charge in [0.2, 0.25) is 0 Å². The van der Waals surface area contributed by atoms with Crippen LogP contribution in [0.5, 0.6) is 0 Å². The average Bonchev–Trinajstić information content (AvgIpc) is 2.89. The van der Waals surface area contributed by atoms with E-state index in [4.69, 9.17) is 9.47 Å². The highest BCUT2D eigenvalue weighted by Crippen LogP contribution is 2.27. The molecule has 0 heterocycles. The molecule has 4 nitrogen and oxygen atoms in total. The van der Waals surface area contributed by atoms with E-state index in [2.05, 4.69) is 13.8 Å². The van der Waals surface area contributed by atoms with Gasteiger partial charge in [-0.3, -0.25) is 9.59 Å². The Labute approximate surface area is 153 Å². The smallest absolute Gasteiger partial charge is 0.306 e. The van der Waals surface area contributed by atoms with Crippen molar-refractivity contribution in [2.75, 3.05) is 0 Å². The molecule has 25 heavy (non-hydrogen) atoms. The van der Waals surface area contributed by atoms with Crippen LogP contribution in [0.3, 0.4) is 0 Å². The molecule has 4 unspecified atom stereocenters. The lowest BCUT2D eigenvalue weighted by Gasteiger charge is -2.22. The first kappa shape index (κ1) is 20.3. The van der Waals surface area contributed by atoms with Crippen LogP contribution in [0.4, 0.5) is 0 Å². The molecule has 2 saturated carbocycles. The monoisotopic (exact) mass is 352 g/mol. The van der Waals surface area contributed by atoms with E-state index in [1.54, 1.807) is 0 Å². The SMILES string of the molecule is CC1CCCCCC1OC(=O)CCCC(=O)OC1CCCCCC1C. The van der Waals surface area contributed by atoms with Crippen LogP contribution >= 0.6 is 0 Å². The lowest BCUT2D eigenvalue weighted by atomic mass is 9.99. The molecule has 0 spiro atoms. The Morgan fingerprint density at radius 2 is 1.08 bits per heavy atom. The fraction of sp³-hybridized carbons (Fsp3) is 0.905. The first-order chi connectivity index (χ1) is 12.1. The molecule has 144 valence electrons. The van der Waals surface area contributed by atoms with Crippen molar-refractivity contribution in [2.45, 2.75) is 110 Å². The molecule has 0 saturated heterocycles. The van der Waals surface area contributed by atoms with Crippen molar-refractivity contribution in [3.8, 4) is 0 Å². The van der Waals surface area contributed by atoms with Gasteiger partial charge in [-0.05, 0) is 56.8 Å². The van der Waals surface area contributed by atoms with Crippen molar-refractivity contribution in [3.05, 3.63) is 0 Å². The summed E-state index contributed by atoms with van der Waals surface area (Å²) in [7, 11) is 0. The van der Waals surface area contributed by atoms with Gasteiger partial charge in [-0.15, -0.1) is 0 Å². The second kappa shape index (κ2) is 10.8. The lowest BCUT2D eigenvalue weighted by Crippen LogP contribution is -2.25. The summed E-state index contributed by atoms with van der Waals surface area (Å²) in [6.45, 7) is 4.35. The van der Waals surface area contributed by atoms with Crippen LogP contribution in [0.25, 0.3) is 0 Å². The van der Waals surface area contributed by atoms with Crippen LogP contribution in [0, 0.1) is 11.8 Å². The number of hydrogen-bond donors (Lipinski definition) is 0. The van der Waals surface area contributed by atoms with Gasteiger partial charge in [0, 0.05) is 12.8 Å². The zero-order valence-electron chi connectivity index (χ0n) is 16.1. The zero-order chi connectivity index (χ0) is 18.1. The largest absolute Gasteiger partial charge is 0.462 e. The third kappa shape index (κ3) is 7.37. The molecular weight excluding hydrogens is 316 g/mol. The Balaban J connectivity index is 1.63. The predicted octanol–water partition coefficient (Wildman–Crippen LogP) is 5.18. The van der Waals surface area contributed by atoms with E-state index in [9.17, 15) is 9.59 Å². The third-order valence-electron chi connectivity index (χ3n) is 5.89. The highest BCUT2D eigenvalue weighted by atomic mass is 16.5. The quantitative estimate of drug-likeness (QED) is 0.488. The first-order valence-corrected chi connectivity index (χ1v) is 10.4. The van der Waals surface area contributed by atoms with Crippen molar-refractivity contribution in [3.63, 3.8) is 0 Å². The fourth-order valence-electron chi connectivity index (χ4n) is 4.10. The average molecular weight is 353 g/mol. The number of hydrogen-bond acceptors (Lipinski definition) is 4.